The van der Waals surface area contributed by atoms with Gasteiger partial charge in [-0.15, -0.1) is 0 Å². The lowest BCUT2D eigenvalue weighted by Crippen LogP contribution is -2.45. The van der Waals surface area contributed by atoms with Crippen LogP contribution in [0.2, 0.25) is 0 Å². The number of ether oxygens (including phenoxy) is 1. The third-order valence-corrected chi connectivity index (χ3v) is 7.13. The molecule has 8 heteroatoms. The molecule has 0 bridgehead atoms. The smallest absolute Gasteiger partial charge is 0.329 e. The van der Waals surface area contributed by atoms with Crippen LogP contribution in [-0.2, 0) is 32.2 Å². The highest BCUT2D eigenvalue weighted by atomic mass is 16.6. The fourth-order valence-electron chi connectivity index (χ4n) is 5.04. The van der Waals surface area contributed by atoms with Gasteiger partial charge in [0.05, 0.1) is 11.8 Å². The van der Waals surface area contributed by atoms with Gasteiger partial charge in [0.1, 0.15) is 18.2 Å². The number of amides is 2. The summed E-state index contributed by atoms with van der Waals surface area (Å²) in [6.45, 7) is 6.20. The number of nitrogens with zero attached hydrogens (tertiary/aromatic N) is 2. The summed E-state index contributed by atoms with van der Waals surface area (Å²) >= 11 is 0. The van der Waals surface area contributed by atoms with E-state index in [9.17, 15) is 14.4 Å². The zero-order valence-corrected chi connectivity index (χ0v) is 25.2. The van der Waals surface area contributed by atoms with Gasteiger partial charge in [-0.3, -0.25) is 9.59 Å². The van der Waals surface area contributed by atoms with Crippen LogP contribution < -0.4 is 5.32 Å². The first-order chi connectivity index (χ1) is 20.7. The fraction of sp³-hybridized carbons (Fsp3) is 0.371. The van der Waals surface area contributed by atoms with Crippen molar-refractivity contribution in [2.45, 2.75) is 77.2 Å². The molecule has 3 aromatic rings. The fourth-order valence-corrected chi connectivity index (χ4v) is 5.04. The van der Waals surface area contributed by atoms with Crippen molar-refractivity contribution in [2.24, 2.45) is 5.16 Å². The number of rotatable bonds is 12. The van der Waals surface area contributed by atoms with Gasteiger partial charge in [0.25, 0.3) is 5.91 Å². The summed E-state index contributed by atoms with van der Waals surface area (Å²) in [7, 11) is 0. The predicted octanol–water partition coefficient (Wildman–Crippen LogP) is 5.71. The number of nitrogens with one attached hydrogen (secondary N) is 1. The van der Waals surface area contributed by atoms with Crippen LogP contribution in [0.25, 0.3) is 0 Å². The predicted molar refractivity (Wildman–Crippen MR) is 166 cm³/mol. The lowest BCUT2D eigenvalue weighted by Gasteiger charge is -2.28. The van der Waals surface area contributed by atoms with Crippen molar-refractivity contribution in [1.29, 1.82) is 0 Å². The van der Waals surface area contributed by atoms with E-state index in [0.717, 1.165) is 17.5 Å². The van der Waals surface area contributed by atoms with E-state index in [-0.39, 0.29) is 37.2 Å². The highest BCUT2D eigenvalue weighted by Crippen LogP contribution is 2.23. The van der Waals surface area contributed by atoms with Crippen LogP contribution in [0.3, 0.4) is 0 Å². The van der Waals surface area contributed by atoms with Crippen molar-refractivity contribution in [3.63, 3.8) is 0 Å². The minimum Gasteiger partial charge on any atom is -0.458 e. The Morgan fingerprint density at radius 1 is 0.884 bits per heavy atom. The van der Waals surface area contributed by atoms with Crippen LogP contribution in [0.5, 0.6) is 0 Å². The Labute approximate surface area is 254 Å². The van der Waals surface area contributed by atoms with Crippen molar-refractivity contribution in [3.8, 4) is 0 Å². The standard InChI is InChI=1S/C35H41N3O5/c1-35(2,3)43-34(41)31-20-13-23-38(31)32(39)22-21-29(37-42-25-27-16-9-5-10-17-27)30(24-26-14-7-4-8-15-26)36-33(40)28-18-11-6-12-19-28/h4-12,14-19,30-31H,13,20-25H2,1-3H3,(H,36,40)/t30-,31-/m0/s1. The number of carbonyl (C=O) groups is 3. The Kier molecular flexibility index (Phi) is 11.1. The summed E-state index contributed by atoms with van der Waals surface area (Å²) in [6, 6.07) is 27.4. The molecule has 1 fully saturated rings. The normalized spacial score (nSPS) is 15.9. The third-order valence-electron chi connectivity index (χ3n) is 7.13. The van der Waals surface area contributed by atoms with Crippen molar-refractivity contribution < 1.29 is 24.0 Å². The Morgan fingerprint density at radius 2 is 1.49 bits per heavy atom. The highest BCUT2D eigenvalue weighted by Gasteiger charge is 2.37. The second kappa shape index (κ2) is 15.1. The van der Waals surface area contributed by atoms with Gasteiger partial charge < -0.3 is 19.8 Å². The van der Waals surface area contributed by atoms with E-state index in [1.807, 2.05) is 99.6 Å². The monoisotopic (exact) mass is 583 g/mol. The van der Waals surface area contributed by atoms with E-state index in [4.69, 9.17) is 9.57 Å². The zero-order valence-electron chi connectivity index (χ0n) is 25.2. The molecule has 8 nitrogen and oxygen atoms in total. The van der Waals surface area contributed by atoms with Crippen LogP contribution in [0.4, 0.5) is 0 Å². The molecule has 1 heterocycles. The Balaban J connectivity index is 1.55. The molecule has 1 saturated heterocycles. The topological polar surface area (TPSA) is 97.3 Å². The minimum atomic E-state index is -0.633. The van der Waals surface area contributed by atoms with Crippen LogP contribution in [0.15, 0.2) is 96.2 Å². The lowest BCUT2D eigenvalue weighted by atomic mass is 9.98. The molecular formula is C35H41N3O5. The van der Waals surface area contributed by atoms with Crippen molar-refractivity contribution >= 4 is 23.5 Å². The number of benzene rings is 3. The molecule has 2 amide bonds. The average Bonchev–Trinajstić information content (AvgIpc) is 3.50. The maximum absolute atomic E-state index is 13.5. The van der Waals surface area contributed by atoms with Gasteiger partial charge in [0.15, 0.2) is 0 Å². The van der Waals surface area contributed by atoms with E-state index >= 15 is 0 Å². The largest absolute Gasteiger partial charge is 0.458 e. The van der Waals surface area contributed by atoms with Gasteiger partial charge in [0.2, 0.25) is 5.91 Å². The number of carbonyl (C=O) groups excluding carboxylic acids is 3. The molecule has 43 heavy (non-hydrogen) atoms. The highest BCUT2D eigenvalue weighted by molar-refractivity contribution is 6.00. The third kappa shape index (κ3) is 9.81. The molecule has 1 N–H and O–H groups in total. The van der Waals surface area contributed by atoms with E-state index in [0.29, 0.717) is 30.7 Å². The Morgan fingerprint density at radius 3 is 2.12 bits per heavy atom. The summed E-state index contributed by atoms with van der Waals surface area (Å²) in [6.07, 6.45) is 2.13. The molecule has 0 unspecified atom stereocenters. The molecule has 2 atom stereocenters. The summed E-state index contributed by atoms with van der Waals surface area (Å²) in [4.78, 5) is 47.0. The van der Waals surface area contributed by atoms with Gasteiger partial charge in [-0.1, -0.05) is 84.0 Å². The molecule has 1 aliphatic rings. The van der Waals surface area contributed by atoms with Crippen molar-refractivity contribution in [2.75, 3.05) is 6.54 Å². The first-order valence-electron chi connectivity index (χ1n) is 14.8. The molecule has 1 aliphatic heterocycles. The number of esters is 1. The summed E-state index contributed by atoms with van der Waals surface area (Å²) in [5, 5.41) is 7.63. The molecule has 0 radical (unpaired) electrons. The number of hydrogen-bond acceptors (Lipinski definition) is 6. The van der Waals surface area contributed by atoms with Gasteiger partial charge in [-0.2, -0.15) is 0 Å². The van der Waals surface area contributed by atoms with Crippen LogP contribution in [0, 0.1) is 0 Å². The van der Waals surface area contributed by atoms with E-state index < -0.39 is 17.7 Å². The SMILES string of the molecule is CC(C)(C)OC(=O)[C@@H]1CCCN1C(=O)CCC(=NOCc1ccccc1)[C@H](Cc1ccccc1)NC(=O)c1ccccc1. The second-order valence-electron chi connectivity index (χ2n) is 11.7. The van der Waals surface area contributed by atoms with Gasteiger partial charge in [-0.25, -0.2) is 4.79 Å². The molecule has 0 saturated carbocycles. The Bertz CT molecular complexity index is 1370. The van der Waals surface area contributed by atoms with E-state index in [1.54, 1.807) is 17.0 Å². The summed E-state index contributed by atoms with van der Waals surface area (Å²) in [5.74, 6) is -0.777. The van der Waals surface area contributed by atoms with Gasteiger partial charge in [0, 0.05) is 18.5 Å². The van der Waals surface area contributed by atoms with Gasteiger partial charge in [-0.05, 0) is 69.7 Å². The average molecular weight is 584 g/mol. The molecule has 0 spiro atoms. The minimum absolute atomic E-state index is 0.110. The van der Waals surface area contributed by atoms with Gasteiger partial charge >= 0.3 is 5.97 Å². The Hall–Kier alpha value is -4.46. The summed E-state index contributed by atoms with van der Waals surface area (Å²) in [5.41, 5.74) is 2.40. The van der Waals surface area contributed by atoms with E-state index in [1.165, 1.54) is 0 Å². The molecule has 0 aliphatic carbocycles. The van der Waals surface area contributed by atoms with Crippen LogP contribution >= 0.6 is 0 Å². The first-order valence-corrected chi connectivity index (χ1v) is 14.8. The maximum atomic E-state index is 13.5. The molecular weight excluding hydrogens is 542 g/mol. The van der Waals surface area contributed by atoms with E-state index in [2.05, 4.69) is 10.5 Å². The molecule has 226 valence electrons. The van der Waals surface area contributed by atoms with Crippen LogP contribution in [0.1, 0.15) is 67.9 Å². The molecule has 0 aromatic heterocycles. The quantitative estimate of drug-likeness (QED) is 0.167. The van der Waals surface area contributed by atoms with Crippen LogP contribution in [-0.4, -0.2) is 52.6 Å². The zero-order chi connectivity index (χ0) is 30.7. The number of oxime groups is 1. The lowest BCUT2D eigenvalue weighted by molar-refractivity contribution is -0.163. The first kappa shape index (κ1) is 31.5. The number of hydrogen-bond donors (Lipinski definition) is 1. The maximum Gasteiger partial charge on any atom is 0.329 e. The van der Waals surface area contributed by atoms with Crippen molar-refractivity contribution in [3.05, 3.63) is 108 Å². The molecule has 3 aromatic carbocycles. The van der Waals surface area contributed by atoms with Crippen molar-refractivity contribution in [1.82, 2.24) is 10.2 Å². The number of likely N-dealkylation sites (tertiary alicyclic amines) is 1. The second-order valence-corrected chi connectivity index (χ2v) is 11.7. The summed E-state index contributed by atoms with van der Waals surface area (Å²) < 4.78 is 5.59. The molecule has 4 rings (SSSR count).